The van der Waals surface area contributed by atoms with E-state index in [1.165, 1.54) is 0 Å². The Hall–Kier alpha value is -1.19. The van der Waals surface area contributed by atoms with Crippen molar-refractivity contribution in [2.45, 2.75) is 0 Å². The van der Waals surface area contributed by atoms with E-state index in [-0.39, 0.29) is 5.28 Å². The van der Waals surface area contributed by atoms with Gasteiger partial charge in [0, 0.05) is 19.3 Å². The van der Waals surface area contributed by atoms with E-state index < -0.39 is 0 Å². The maximum absolute atomic E-state index is 5.81. The molecular weight excluding hydrogens is 405 g/mol. The highest BCUT2D eigenvalue weighted by molar-refractivity contribution is 14.1. The van der Waals surface area contributed by atoms with E-state index in [1.807, 2.05) is 12.1 Å². The van der Waals surface area contributed by atoms with Crippen LogP contribution in [-0.2, 0) is 4.74 Å². The molecule has 0 aliphatic carbocycles. The summed E-state index contributed by atoms with van der Waals surface area (Å²) >= 11 is 7.97. The van der Waals surface area contributed by atoms with E-state index in [4.69, 9.17) is 16.3 Å². The van der Waals surface area contributed by atoms with Gasteiger partial charge in [-0.15, -0.1) is 0 Å². The highest BCUT2D eigenvalue weighted by Gasteiger charge is 2.12. The molecule has 6 nitrogen and oxygen atoms in total. The van der Waals surface area contributed by atoms with Crippen LogP contribution in [0.3, 0.4) is 0 Å². The summed E-state index contributed by atoms with van der Waals surface area (Å²) in [5.41, 5.74) is 0.861. The quantitative estimate of drug-likeness (QED) is 0.612. The number of hydrogen-bond acceptors (Lipinski definition) is 6. The van der Waals surface area contributed by atoms with Crippen LogP contribution in [0.25, 0.3) is 0 Å². The van der Waals surface area contributed by atoms with Gasteiger partial charge in [0.05, 0.1) is 28.7 Å². The summed E-state index contributed by atoms with van der Waals surface area (Å²) in [5, 5.41) is 3.41. The van der Waals surface area contributed by atoms with Crippen LogP contribution >= 0.6 is 34.2 Å². The maximum Gasteiger partial charge on any atom is 0.224 e. The van der Waals surface area contributed by atoms with Crippen LogP contribution in [0.5, 0.6) is 0 Å². The zero-order chi connectivity index (χ0) is 14.7. The van der Waals surface area contributed by atoms with Crippen molar-refractivity contribution in [3.05, 3.63) is 33.4 Å². The molecule has 1 N–H and O–H groups in total. The molecule has 0 amide bonds. The number of morpholine rings is 1. The largest absolute Gasteiger partial charge is 0.378 e. The van der Waals surface area contributed by atoms with Gasteiger partial charge in [-0.05, 0) is 46.3 Å². The average molecular weight is 418 g/mol. The molecule has 2 aromatic rings. The molecule has 2 aromatic heterocycles. The molecule has 1 aliphatic heterocycles. The summed E-state index contributed by atoms with van der Waals surface area (Å²) in [6.45, 7) is 3.25. The minimum Gasteiger partial charge on any atom is -0.378 e. The van der Waals surface area contributed by atoms with E-state index in [0.29, 0.717) is 5.82 Å². The van der Waals surface area contributed by atoms with Crippen molar-refractivity contribution in [1.82, 2.24) is 15.0 Å². The van der Waals surface area contributed by atoms with Crippen LogP contribution in [0.1, 0.15) is 0 Å². The van der Waals surface area contributed by atoms with Gasteiger partial charge in [0.25, 0.3) is 0 Å². The van der Waals surface area contributed by atoms with Crippen molar-refractivity contribution in [2.75, 3.05) is 36.5 Å². The molecule has 110 valence electrons. The van der Waals surface area contributed by atoms with Gasteiger partial charge in [0.1, 0.15) is 11.6 Å². The molecule has 1 aliphatic rings. The molecule has 0 unspecified atom stereocenters. The second-order valence-electron chi connectivity index (χ2n) is 4.47. The molecule has 0 atom stereocenters. The number of pyridine rings is 1. The zero-order valence-corrected chi connectivity index (χ0v) is 14.0. The lowest BCUT2D eigenvalue weighted by Crippen LogP contribution is -2.36. The highest BCUT2D eigenvalue weighted by Crippen LogP contribution is 2.22. The van der Waals surface area contributed by atoms with Gasteiger partial charge in [-0.3, -0.25) is 0 Å². The highest BCUT2D eigenvalue weighted by atomic mass is 127. The first-order chi connectivity index (χ1) is 10.2. The Morgan fingerprint density at radius 3 is 2.71 bits per heavy atom. The Bertz CT molecular complexity index is 618. The van der Waals surface area contributed by atoms with E-state index >= 15 is 0 Å². The zero-order valence-electron chi connectivity index (χ0n) is 11.1. The van der Waals surface area contributed by atoms with Gasteiger partial charge in [-0.1, -0.05) is 0 Å². The maximum atomic E-state index is 5.81. The monoisotopic (exact) mass is 417 g/mol. The minimum absolute atomic E-state index is 0.218. The second-order valence-corrected chi connectivity index (χ2v) is 5.97. The van der Waals surface area contributed by atoms with Crippen molar-refractivity contribution in [3.8, 4) is 0 Å². The first-order valence-corrected chi connectivity index (χ1v) is 7.92. The molecule has 0 aromatic carbocycles. The normalized spacial score (nSPS) is 15.0. The van der Waals surface area contributed by atoms with E-state index in [9.17, 15) is 0 Å². The topological polar surface area (TPSA) is 63.2 Å². The number of aromatic nitrogens is 3. The number of rotatable bonds is 3. The Balaban J connectivity index is 1.73. The summed E-state index contributed by atoms with van der Waals surface area (Å²) in [4.78, 5) is 14.8. The molecule has 0 spiro atoms. The fraction of sp³-hybridized carbons (Fsp3) is 0.308. The van der Waals surface area contributed by atoms with Crippen molar-refractivity contribution in [3.63, 3.8) is 0 Å². The second kappa shape index (κ2) is 6.71. The molecular formula is C13H13ClIN5O. The van der Waals surface area contributed by atoms with Crippen LogP contribution in [0, 0.1) is 3.57 Å². The molecule has 0 saturated carbocycles. The standard InChI is InChI=1S/C13H13ClIN5O/c14-13-17-8-10(15)12(19-13)18-9-1-2-11(16-7-9)20-3-5-21-6-4-20/h1-2,7-8H,3-6H2,(H,17,18,19). The number of ether oxygens (including phenoxy) is 1. The van der Waals surface area contributed by atoms with Gasteiger partial charge in [0.2, 0.25) is 5.28 Å². The van der Waals surface area contributed by atoms with Crippen LogP contribution in [-0.4, -0.2) is 41.3 Å². The fourth-order valence-electron chi connectivity index (χ4n) is 2.01. The number of anilines is 3. The summed E-state index contributed by atoms with van der Waals surface area (Å²) in [5.74, 6) is 1.63. The van der Waals surface area contributed by atoms with E-state index in [0.717, 1.165) is 41.4 Å². The number of hydrogen-bond donors (Lipinski definition) is 1. The molecule has 1 saturated heterocycles. The van der Waals surface area contributed by atoms with Crippen molar-refractivity contribution in [1.29, 1.82) is 0 Å². The Labute approximate surface area is 141 Å². The van der Waals surface area contributed by atoms with Crippen LogP contribution in [0.4, 0.5) is 17.3 Å². The Morgan fingerprint density at radius 1 is 1.19 bits per heavy atom. The third kappa shape index (κ3) is 3.72. The lowest BCUT2D eigenvalue weighted by Gasteiger charge is -2.27. The van der Waals surface area contributed by atoms with Crippen molar-refractivity contribution >= 4 is 51.5 Å². The molecule has 8 heteroatoms. The predicted molar refractivity (Wildman–Crippen MR) is 90.3 cm³/mol. The van der Waals surface area contributed by atoms with Crippen molar-refractivity contribution in [2.24, 2.45) is 0 Å². The van der Waals surface area contributed by atoms with Crippen LogP contribution < -0.4 is 10.2 Å². The third-order valence-corrected chi connectivity index (χ3v) is 4.03. The van der Waals surface area contributed by atoms with Gasteiger partial charge in [-0.2, -0.15) is 4.98 Å². The third-order valence-electron chi connectivity index (χ3n) is 3.06. The smallest absolute Gasteiger partial charge is 0.224 e. The first kappa shape index (κ1) is 14.7. The fourth-order valence-corrected chi connectivity index (χ4v) is 2.54. The van der Waals surface area contributed by atoms with Gasteiger partial charge < -0.3 is 15.0 Å². The van der Waals surface area contributed by atoms with E-state index in [1.54, 1.807) is 12.4 Å². The molecule has 0 bridgehead atoms. The number of nitrogens with one attached hydrogen (secondary N) is 1. The first-order valence-electron chi connectivity index (χ1n) is 6.46. The van der Waals surface area contributed by atoms with Gasteiger partial charge in [-0.25, -0.2) is 9.97 Å². The molecule has 21 heavy (non-hydrogen) atoms. The molecule has 0 radical (unpaired) electrons. The molecule has 1 fully saturated rings. The van der Waals surface area contributed by atoms with Gasteiger partial charge in [0.15, 0.2) is 0 Å². The summed E-state index contributed by atoms with van der Waals surface area (Å²) < 4.78 is 6.24. The van der Waals surface area contributed by atoms with Gasteiger partial charge >= 0.3 is 0 Å². The van der Waals surface area contributed by atoms with Crippen LogP contribution in [0.15, 0.2) is 24.5 Å². The minimum atomic E-state index is 0.218. The summed E-state index contributed by atoms with van der Waals surface area (Å²) in [6, 6.07) is 3.97. The molecule has 3 rings (SSSR count). The molecule has 3 heterocycles. The van der Waals surface area contributed by atoms with Crippen molar-refractivity contribution < 1.29 is 4.74 Å². The number of nitrogens with zero attached hydrogens (tertiary/aromatic N) is 4. The SMILES string of the molecule is Clc1ncc(I)c(Nc2ccc(N3CCOCC3)nc2)n1. The van der Waals surface area contributed by atoms with E-state index in [2.05, 4.69) is 47.8 Å². The number of halogens is 2. The predicted octanol–water partition coefficient (Wildman–Crippen LogP) is 2.71. The summed E-state index contributed by atoms with van der Waals surface area (Å²) in [6.07, 6.45) is 3.46. The van der Waals surface area contributed by atoms with Crippen LogP contribution in [0.2, 0.25) is 5.28 Å². The average Bonchev–Trinajstić information content (AvgIpc) is 2.53. The Morgan fingerprint density at radius 2 is 2.00 bits per heavy atom. The lowest BCUT2D eigenvalue weighted by molar-refractivity contribution is 0.122. The summed E-state index contributed by atoms with van der Waals surface area (Å²) in [7, 11) is 0. The lowest BCUT2D eigenvalue weighted by atomic mass is 10.3. The Kier molecular flexibility index (Phi) is 4.71.